The van der Waals surface area contributed by atoms with Gasteiger partial charge in [-0.25, -0.2) is 0 Å². The van der Waals surface area contributed by atoms with Crippen LogP contribution in [0.2, 0.25) is 0 Å². The first-order valence-corrected chi connectivity index (χ1v) is 8.62. The summed E-state index contributed by atoms with van der Waals surface area (Å²) in [7, 11) is 0. The Balaban J connectivity index is 1.81. The Bertz CT molecular complexity index is 275. The molecule has 2 rings (SSSR count). The number of β-amino-alcohol motifs (C(OH)–C–C–N with tert-alkyl or cyclic N) is 1. The Morgan fingerprint density at radius 3 is 2.57 bits per heavy atom. The summed E-state index contributed by atoms with van der Waals surface area (Å²) in [6.07, 6.45) is 3.66. The van der Waals surface area contributed by atoms with E-state index >= 15 is 0 Å². The van der Waals surface area contributed by atoms with E-state index < -0.39 is 0 Å². The number of hydrogen-bond acceptors (Lipinski definition) is 5. The zero-order valence-corrected chi connectivity index (χ0v) is 13.6. The van der Waals surface area contributed by atoms with Crippen molar-refractivity contribution >= 4 is 0 Å². The molecule has 21 heavy (non-hydrogen) atoms. The van der Waals surface area contributed by atoms with Crippen molar-refractivity contribution in [3.8, 4) is 0 Å². The molecule has 1 atom stereocenters. The van der Waals surface area contributed by atoms with Crippen LogP contribution in [-0.4, -0.2) is 87.1 Å². The maximum atomic E-state index is 9.03. The van der Waals surface area contributed by atoms with Gasteiger partial charge in [-0.15, -0.1) is 0 Å². The molecule has 5 heteroatoms. The van der Waals surface area contributed by atoms with Crippen LogP contribution in [0, 0.1) is 5.41 Å². The summed E-state index contributed by atoms with van der Waals surface area (Å²) < 4.78 is 5.81. The predicted molar refractivity (Wildman–Crippen MR) is 85.6 cm³/mol. The number of hydrogen-bond donors (Lipinski definition) is 2. The lowest BCUT2D eigenvalue weighted by Crippen LogP contribution is -2.54. The summed E-state index contributed by atoms with van der Waals surface area (Å²) in [6.45, 7) is 12.9. The highest BCUT2D eigenvalue weighted by molar-refractivity contribution is 4.88. The van der Waals surface area contributed by atoms with Crippen LogP contribution >= 0.6 is 0 Å². The topological polar surface area (TPSA) is 48.0 Å². The summed E-state index contributed by atoms with van der Waals surface area (Å²) in [5.74, 6) is 0. The third-order valence-corrected chi connectivity index (χ3v) is 4.77. The van der Waals surface area contributed by atoms with Crippen molar-refractivity contribution in [3.05, 3.63) is 0 Å². The van der Waals surface area contributed by atoms with Crippen molar-refractivity contribution in [3.63, 3.8) is 0 Å². The molecular weight excluding hydrogens is 266 g/mol. The second-order valence-corrected chi connectivity index (χ2v) is 6.67. The van der Waals surface area contributed by atoms with E-state index in [0.717, 1.165) is 65.6 Å². The van der Waals surface area contributed by atoms with Crippen molar-refractivity contribution in [2.45, 2.75) is 26.2 Å². The van der Waals surface area contributed by atoms with Crippen molar-refractivity contribution < 1.29 is 9.84 Å². The van der Waals surface area contributed by atoms with E-state index in [1.807, 2.05) is 0 Å². The van der Waals surface area contributed by atoms with Gasteiger partial charge in [-0.3, -0.25) is 4.90 Å². The van der Waals surface area contributed by atoms with Gasteiger partial charge < -0.3 is 20.1 Å². The number of aliphatic hydroxyl groups is 1. The second-order valence-electron chi connectivity index (χ2n) is 6.67. The van der Waals surface area contributed by atoms with E-state index in [0.29, 0.717) is 5.41 Å². The molecule has 2 saturated heterocycles. The van der Waals surface area contributed by atoms with Gasteiger partial charge in [0.2, 0.25) is 0 Å². The van der Waals surface area contributed by atoms with Crippen molar-refractivity contribution in [1.29, 1.82) is 0 Å². The first-order chi connectivity index (χ1) is 10.3. The van der Waals surface area contributed by atoms with Crippen LogP contribution in [0.4, 0.5) is 0 Å². The summed E-state index contributed by atoms with van der Waals surface area (Å²) in [4.78, 5) is 4.95. The Kier molecular flexibility index (Phi) is 7.40. The van der Waals surface area contributed by atoms with Gasteiger partial charge in [-0.2, -0.15) is 0 Å². The lowest BCUT2D eigenvalue weighted by atomic mass is 9.81. The molecule has 0 spiro atoms. The summed E-state index contributed by atoms with van der Waals surface area (Å²) in [5.41, 5.74) is 0.298. The van der Waals surface area contributed by atoms with Gasteiger partial charge in [0.1, 0.15) is 0 Å². The van der Waals surface area contributed by atoms with Crippen molar-refractivity contribution in [2.24, 2.45) is 5.41 Å². The van der Waals surface area contributed by atoms with Crippen molar-refractivity contribution in [1.82, 2.24) is 15.1 Å². The lowest BCUT2D eigenvalue weighted by molar-refractivity contribution is -0.0332. The van der Waals surface area contributed by atoms with E-state index in [-0.39, 0.29) is 6.61 Å². The van der Waals surface area contributed by atoms with Crippen LogP contribution in [-0.2, 0) is 4.74 Å². The monoisotopic (exact) mass is 299 g/mol. The van der Waals surface area contributed by atoms with Crippen LogP contribution in [0.15, 0.2) is 0 Å². The number of nitrogens with one attached hydrogen (secondary N) is 1. The van der Waals surface area contributed by atoms with Gasteiger partial charge in [-0.05, 0) is 25.8 Å². The molecule has 2 fully saturated rings. The molecule has 0 saturated carbocycles. The minimum Gasteiger partial charge on any atom is -0.395 e. The molecular formula is C16H33N3O2. The highest BCUT2D eigenvalue weighted by atomic mass is 16.5. The smallest absolute Gasteiger partial charge is 0.0558 e. The molecule has 124 valence electrons. The number of rotatable bonds is 8. The van der Waals surface area contributed by atoms with Crippen LogP contribution in [0.3, 0.4) is 0 Å². The highest BCUT2D eigenvalue weighted by Crippen LogP contribution is 2.29. The minimum atomic E-state index is 0.277. The van der Waals surface area contributed by atoms with E-state index in [1.54, 1.807) is 0 Å². The van der Waals surface area contributed by atoms with Crippen molar-refractivity contribution in [2.75, 3.05) is 72.2 Å². The van der Waals surface area contributed by atoms with E-state index in [1.165, 1.54) is 19.3 Å². The zero-order chi connectivity index (χ0) is 15.0. The first kappa shape index (κ1) is 17.2. The molecule has 0 aliphatic carbocycles. The molecule has 2 aliphatic rings. The molecule has 0 amide bonds. The molecule has 5 nitrogen and oxygen atoms in total. The minimum absolute atomic E-state index is 0.277. The largest absolute Gasteiger partial charge is 0.395 e. The number of piperazine rings is 1. The SMILES string of the molecule is CCCNCC1(CN2CCN(CCO)CC2)CCCOC1. The Labute approximate surface area is 129 Å². The van der Waals surface area contributed by atoms with Gasteiger partial charge in [0.05, 0.1) is 13.2 Å². The normalized spacial score (nSPS) is 28.9. The zero-order valence-electron chi connectivity index (χ0n) is 13.6. The summed E-state index contributed by atoms with van der Waals surface area (Å²) in [6, 6.07) is 0. The van der Waals surface area contributed by atoms with Crippen LogP contribution in [0.25, 0.3) is 0 Å². The van der Waals surface area contributed by atoms with E-state index in [4.69, 9.17) is 9.84 Å². The number of ether oxygens (including phenoxy) is 1. The van der Waals surface area contributed by atoms with Crippen LogP contribution in [0.5, 0.6) is 0 Å². The molecule has 0 aromatic carbocycles. The standard InChI is InChI=1S/C16H33N3O2/c1-2-5-17-13-16(4-3-12-21-15-16)14-19-8-6-18(7-9-19)10-11-20/h17,20H,2-15H2,1H3. The fourth-order valence-corrected chi connectivity index (χ4v) is 3.55. The Morgan fingerprint density at radius 1 is 1.19 bits per heavy atom. The average molecular weight is 299 g/mol. The quantitative estimate of drug-likeness (QED) is 0.635. The molecule has 0 bridgehead atoms. The third kappa shape index (κ3) is 5.49. The van der Waals surface area contributed by atoms with Crippen LogP contribution in [0.1, 0.15) is 26.2 Å². The first-order valence-electron chi connectivity index (χ1n) is 8.62. The van der Waals surface area contributed by atoms with Gasteiger partial charge in [0.15, 0.2) is 0 Å². The second kappa shape index (κ2) is 9.06. The Morgan fingerprint density at radius 2 is 1.95 bits per heavy atom. The molecule has 2 N–H and O–H groups in total. The molecule has 2 aliphatic heterocycles. The number of nitrogens with zero attached hydrogens (tertiary/aromatic N) is 2. The number of aliphatic hydroxyl groups excluding tert-OH is 1. The Hall–Kier alpha value is -0.200. The average Bonchev–Trinajstić information content (AvgIpc) is 2.51. The molecule has 2 heterocycles. The summed E-state index contributed by atoms with van der Waals surface area (Å²) in [5, 5.41) is 12.6. The van der Waals surface area contributed by atoms with Gasteiger partial charge in [0, 0.05) is 57.8 Å². The lowest BCUT2D eigenvalue weighted by Gasteiger charge is -2.43. The van der Waals surface area contributed by atoms with Gasteiger partial charge >= 0.3 is 0 Å². The molecule has 0 aromatic heterocycles. The van der Waals surface area contributed by atoms with Crippen LogP contribution < -0.4 is 5.32 Å². The molecule has 1 unspecified atom stereocenters. The van der Waals surface area contributed by atoms with E-state index in [2.05, 4.69) is 22.0 Å². The predicted octanol–water partition coefficient (Wildman–Crippen LogP) is 0.393. The van der Waals surface area contributed by atoms with Gasteiger partial charge in [0.25, 0.3) is 0 Å². The fraction of sp³-hybridized carbons (Fsp3) is 1.00. The highest BCUT2D eigenvalue weighted by Gasteiger charge is 2.35. The summed E-state index contributed by atoms with van der Waals surface area (Å²) >= 11 is 0. The maximum absolute atomic E-state index is 9.03. The molecule has 0 radical (unpaired) electrons. The van der Waals surface area contributed by atoms with E-state index in [9.17, 15) is 0 Å². The van der Waals surface area contributed by atoms with Gasteiger partial charge in [-0.1, -0.05) is 6.92 Å². The maximum Gasteiger partial charge on any atom is 0.0558 e. The third-order valence-electron chi connectivity index (χ3n) is 4.77. The fourth-order valence-electron chi connectivity index (χ4n) is 3.55. The molecule has 0 aromatic rings.